The number of nitrogens with one attached hydrogen (secondary N) is 1. The second-order valence-corrected chi connectivity index (χ2v) is 15.4. The molecule has 0 saturated heterocycles. The number of ketones is 1. The lowest BCUT2D eigenvalue weighted by Crippen LogP contribution is -2.35. The van der Waals surface area contributed by atoms with E-state index < -0.39 is 40.9 Å². The van der Waals surface area contributed by atoms with Gasteiger partial charge in [0.25, 0.3) is 5.91 Å². The number of fused-ring (bicyclic) bond motifs is 2. The summed E-state index contributed by atoms with van der Waals surface area (Å²) >= 11 is 0. The Morgan fingerprint density at radius 2 is 1.61 bits per heavy atom. The summed E-state index contributed by atoms with van der Waals surface area (Å²) in [7, 11) is 0. The molecule has 0 unspecified atom stereocenters. The molecule has 2 heterocycles. The van der Waals surface area contributed by atoms with E-state index in [9.17, 15) is 37.8 Å². The van der Waals surface area contributed by atoms with E-state index >= 15 is 0 Å². The summed E-state index contributed by atoms with van der Waals surface area (Å²) < 4.78 is 41.2. The van der Waals surface area contributed by atoms with Gasteiger partial charge in [0.2, 0.25) is 5.69 Å². The summed E-state index contributed by atoms with van der Waals surface area (Å²) in [6.45, 7) is 11.0. The van der Waals surface area contributed by atoms with E-state index in [1.165, 1.54) is 24.6 Å². The molecule has 1 amide bonds. The van der Waals surface area contributed by atoms with Crippen LogP contribution < -0.4 is 21.1 Å². The van der Waals surface area contributed by atoms with Crippen molar-refractivity contribution in [1.29, 1.82) is 0 Å². The summed E-state index contributed by atoms with van der Waals surface area (Å²) in [5.74, 6) is -2.33. The number of carboxylic acids is 1. The molecule has 1 aliphatic carbocycles. The molecule has 5 rings (SSSR count). The van der Waals surface area contributed by atoms with E-state index in [-0.39, 0.29) is 35.6 Å². The van der Waals surface area contributed by atoms with Crippen LogP contribution in [0.25, 0.3) is 0 Å². The average molecular weight is 749 g/mol. The van der Waals surface area contributed by atoms with Crippen LogP contribution in [0.2, 0.25) is 0 Å². The number of aromatic carboxylic acids is 1. The summed E-state index contributed by atoms with van der Waals surface area (Å²) in [6, 6.07) is 10.00. The van der Waals surface area contributed by atoms with Crippen molar-refractivity contribution in [1.82, 2.24) is 5.32 Å². The van der Waals surface area contributed by atoms with Crippen LogP contribution in [0.3, 0.4) is 0 Å². The van der Waals surface area contributed by atoms with Gasteiger partial charge < -0.3 is 26.2 Å². The minimum Gasteiger partial charge on any atom is -0.871 e. The zero-order valence-corrected chi connectivity index (χ0v) is 31.8. The number of amides is 1. The lowest BCUT2D eigenvalue weighted by molar-refractivity contribution is -0.439. The Bertz CT molecular complexity index is 1950. The van der Waals surface area contributed by atoms with E-state index in [4.69, 9.17) is 5.73 Å². The van der Waals surface area contributed by atoms with E-state index in [1.807, 2.05) is 26.0 Å². The first-order chi connectivity index (χ1) is 25.4. The average Bonchev–Trinajstić information content (AvgIpc) is 3.46. The van der Waals surface area contributed by atoms with Crippen molar-refractivity contribution < 1.29 is 42.3 Å². The van der Waals surface area contributed by atoms with Gasteiger partial charge >= 0.3 is 12.1 Å². The number of unbranched alkanes of at least 4 members (excludes halogenated alkanes) is 5. The van der Waals surface area contributed by atoms with Gasteiger partial charge in [0.05, 0.1) is 11.0 Å². The number of Topliss-reactive ketones (excluding diaryl/α,β-unsaturated/α-hetero) is 1. The van der Waals surface area contributed by atoms with Crippen molar-refractivity contribution >= 4 is 34.7 Å². The van der Waals surface area contributed by atoms with Gasteiger partial charge in [-0.2, -0.15) is 17.7 Å². The molecule has 0 atom stereocenters. The third-order valence-electron chi connectivity index (χ3n) is 10.8. The number of hydrogen-bond donors (Lipinski definition) is 3. The maximum Gasteiger partial charge on any atom is 0.389 e. The molecule has 0 aromatic heterocycles. The Morgan fingerprint density at radius 3 is 2.26 bits per heavy atom. The monoisotopic (exact) mass is 748 g/mol. The van der Waals surface area contributed by atoms with Gasteiger partial charge in [-0.25, -0.2) is 4.79 Å². The van der Waals surface area contributed by atoms with Crippen molar-refractivity contribution in [3.05, 3.63) is 93.4 Å². The predicted octanol–water partition coefficient (Wildman–Crippen LogP) is 6.96. The molecule has 290 valence electrons. The molecule has 0 bridgehead atoms. The third kappa shape index (κ3) is 8.04. The number of nitrogens with two attached hydrogens (primary N) is 1. The molecular weight excluding hydrogens is 697 g/mol. The number of anilines is 1. The number of carboxylic acid groups (broad SMARTS) is 1. The molecule has 54 heavy (non-hydrogen) atoms. The van der Waals surface area contributed by atoms with Gasteiger partial charge in [-0.15, -0.1) is 0 Å². The first-order valence-corrected chi connectivity index (χ1v) is 18.8. The molecule has 2 aliphatic heterocycles. The SMILES string of the molecule is CCCCCCCCN1/C(=C\C2=C([O-])C(=C/C3=[N+](CCCC(F)(F)F)c4ccc(C(=O)O)cc4C3(C)C)/C2=O)C(C)(C)c2cc(C(=O)NCCN)ccc21. The topological polar surface area (TPSA) is 139 Å². The molecule has 0 fully saturated rings. The molecule has 2 aromatic carbocycles. The zero-order chi connectivity index (χ0) is 39.6. The zero-order valence-electron chi connectivity index (χ0n) is 31.8. The van der Waals surface area contributed by atoms with Crippen LogP contribution in [0, 0.1) is 0 Å². The molecule has 0 saturated carbocycles. The quantitative estimate of drug-likeness (QED) is 0.0959. The number of allylic oxidation sites excluding steroid dienone is 5. The molecule has 2 aromatic rings. The third-order valence-corrected chi connectivity index (χ3v) is 10.8. The Balaban J connectivity index is 1.54. The lowest BCUT2D eigenvalue weighted by Gasteiger charge is -2.33. The standard InChI is InChI=1S/C42H51F3N4O5/c1-6-7-8-9-10-11-20-48-32-15-13-26(38(52)47-19-18-46)22-30(32)40(2,3)34(48)24-28-36(50)29(37(28)51)25-35-41(4,5)31-23-27(39(53)54)14-16-33(31)49(35)21-12-17-42(43,44)45/h13-16,22-25H,6-12,17-21,46H2,1-5H3,(H2-,47,50,51,52,53,54). The first kappa shape index (κ1) is 40.5. The van der Waals surface area contributed by atoms with Gasteiger partial charge in [-0.3, -0.25) is 9.59 Å². The second-order valence-electron chi connectivity index (χ2n) is 15.4. The number of halogens is 3. The second kappa shape index (κ2) is 15.9. The molecule has 0 radical (unpaired) electrons. The van der Waals surface area contributed by atoms with Crippen LogP contribution in [-0.2, 0) is 15.6 Å². The van der Waals surface area contributed by atoms with Crippen LogP contribution in [0.1, 0.15) is 118 Å². The molecule has 4 N–H and O–H groups in total. The highest BCUT2D eigenvalue weighted by molar-refractivity contribution is 6.24. The Morgan fingerprint density at radius 1 is 0.944 bits per heavy atom. The highest BCUT2D eigenvalue weighted by Crippen LogP contribution is 2.50. The summed E-state index contributed by atoms with van der Waals surface area (Å²) in [5.41, 5.74) is 8.57. The normalized spacial score (nSPS) is 18.8. The van der Waals surface area contributed by atoms with E-state index in [2.05, 4.69) is 17.1 Å². The van der Waals surface area contributed by atoms with E-state index in [0.29, 0.717) is 42.2 Å². The number of nitrogens with zero attached hydrogens (tertiary/aromatic N) is 2. The van der Waals surface area contributed by atoms with Crippen molar-refractivity contribution in [3.63, 3.8) is 0 Å². The largest absolute Gasteiger partial charge is 0.871 e. The van der Waals surface area contributed by atoms with Crippen molar-refractivity contribution in [3.8, 4) is 0 Å². The fourth-order valence-corrected chi connectivity index (χ4v) is 7.77. The van der Waals surface area contributed by atoms with Gasteiger partial charge in [0.1, 0.15) is 6.54 Å². The van der Waals surface area contributed by atoms with Crippen molar-refractivity contribution in [2.45, 2.75) is 103 Å². The van der Waals surface area contributed by atoms with E-state index in [1.54, 1.807) is 36.6 Å². The summed E-state index contributed by atoms with van der Waals surface area (Å²) in [6.07, 6.45) is 3.98. The fourth-order valence-electron chi connectivity index (χ4n) is 7.77. The fraction of sp³-hybridized carbons (Fsp3) is 0.476. The Labute approximate surface area is 315 Å². The maximum atomic E-state index is 13.9. The van der Waals surface area contributed by atoms with Gasteiger partial charge in [-0.05, 0) is 62.2 Å². The highest BCUT2D eigenvalue weighted by atomic mass is 19.4. The van der Waals surface area contributed by atoms with Gasteiger partial charge in [-0.1, -0.05) is 58.6 Å². The predicted molar refractivity (Wildman–Crippen MR) is 201 cm³/mol. The smallest absolute Gasteiger partial charge is 0.389 e. The first-order valence-electron chi connectivity index (χ1n) is 18.8. The minimum absolute atomic E-state index is 0.0108. The lowest BCUT2D eigenvalue weighted by atomic mass is 9.77. The van der Waals surface area contributed by atoms with Crippen LogP contribution in [0.5, 0.6) is 0 Å². The number of hydrogen-bond acceptors (Lipinski definition) is 6. The number of carbonyl (C=O) groups is 3. The number of benzene rings is 2. The summed E-state index contributed by atoms with van der Waals surface area (Å²) in [5, 5.41) is 26.4. The van der Waals surface area contributed by atoms with Crippen LogP contribution in [0.15, 0.2) is 71.2 Å². The Kier molecular flexibility index (Phi) is 12.0. The number of alkyl halides is 3. The number of rotatable bonds is 16. The molecule has 3 aliphatic rings. The van der Waals surface area contributed by atoms with Crippen molar-refractivity contribution in [2.75, 3.05) is 31.1 Å². The van der Waals surface area contributed by atoms with Gasteiger partial charge in [0, 0.05) is 83.7 Å². The molecular formula is C42H51F3N4O5. The van der Waals surface area contributed by atoms with Crippen molar-refractivity contribution in [2.24, 2.45) is 5.73 Å². The van der Waals surface area contributed by atoms with E-state index in [0.717, 1.165) is 49.1 Å². The molecule has 9 nitrogen and oxygen atoms in total. The van der Waals surface area contributed by atoms with Crippen LogP contribution >= 0.6 is 0 Å². The summed E-state index contributed by atoms with van der Waals surface area (Å²) in [4.78, 5) is 40.7. The Hall–Kier alpha value is -4.71. The van der Waals surface area contributed by atoms with Gasteiger partial charge in [0.15, 0.2) is 11.5 Å². The minimum atomic E-state index is -4.36. The number of carbonyl (C=O) groups excluding carboxylic acids is 2. The molecule has 0 spiro atoms. The maximum absolute atomic E-state index is 13.9. The highest BCUT2D eigenvalue weighted by Gasteiger charge is 2.47. The van der Waals surface area contributed by atoms with Crippen LogP contribution in [0.4, 0.5) is 24.5 Å². The molecule has 12 heteroatoms. The van der Waals surface area contributed by atoms with Crippen LogP contribution in [-0.4, -0.2) is 65.4 Å².